The molecule has 2 N–H and O–H groups in total. The lowest BCUT2D eigenvalue weighted by molar-refractivity contribution is -0.138. The molecule has 20 heavy (non-hydrogen) atoms. The minimum Gasteiger partial charge on any atom is -0.481 e. The topological polar surface area (TPSA) is 78.9 Å². The summed E-state index contributed by atoms with van der Waals surface area (Å²) < 4.78 is 5.34. The number of urea groups is 1. The maximum Gasteiger partial charge on any atom is 0.317 e. The fourth-order valence-electron chi connectivity index (χ4n) is 3.01. The second-order valence-electron chi connectivity index (χ2n) is 5.91. The summed E-state index contributed by atoms with van der Waals surface area (Å²) in [7, 11) is 0. The molecule has 0 aromatic heterocycles. The molecule has 2 aliphatic rings. The van der Waals surface area contributed by atoms with Crippen LogP contribution in [0.1, 0.15) is 32.6 Å². The molecular weight excluding hydrogens is 260 g/mol. The number of carboxylic acids is 1. The maximum absolute atomic E-state index is 12.2. The normalized spacial score (nSPS) is 28.1. The summed E-state index contributed by atoms with van der Waals surface area (Å²) in [6, 6.07) is 0.0318. The molecule has 3 unspecified atom stereocenters. The summed E-state index contributed by atoms with van der Waals surface area (Å²) in [5.41, 5.74) is 0. The van der Waals surface area contributed by atoms with Gasteiger partial charge in [-0.15, -0.1) is 0 Å². The predicted molar refractivity (Wildman–Crippen MR) is 73.5 cm³/mol. The number of hydrogen-bond acceptors (Lipinski definition) is 3. The molecule has 0 bridgehead atoms. The molecule has 2 amide bonds. The van der Waals surface area contributed by atoms with Crippen molar-refractivity contribution in [2.24, 2.45) is 11.8 Å². The van der Waals surface area contributed by atoms with Gasteiger partial charge in [-0.05, 0) is 32.1 Å². The van der Waals surface area contributed by atoms with Gasteiger partial charge in [0.05, 0.1) is 6.61 Å². The third kappa shape index (κ3) is 4.10. The number of piperidine rings is 1. The van der Waals surface area contributed by atoms with E-state index in [1.54, 1.807) is 4.90 Å². The highest BCUT2D eigenvalue weighted by Gasteiger charge is 2.28. The Morgan fingerprint density at radius 1 is 1.45 bits per heavy atom. The molecule has 0 aromatic rings. The first kappa shape index (κ1) is 15.1. The van der Waals surface area contributed by atoms with Crippen molar-refractivity contribution in [3.8, 4) is 0 Å². The molecule has 0 saturated carbocycles. The molecule has 2 aliphatic heterocycles. The van der Waals surface area contributed by atoms with Gasteiger partial charge in [0.25, 0.3) is 0 Å². The van der Waals surface area contributed by atoms with Crippen molar-refractivity contribution in [2.45, 2.75) is 38.6 Å². The Morgan fingerprint density at radius 2 is 2.25 bits per heavy atom. The monoisotopic (exact) mass is 284 g/mol. The SMILES string of the molecule is CC(NC(=O)N1CCCC(CC(=O)O)C1)C1CCOC1. The fraction of sp³-hybridized carbons (Fsp3) is 0.857. The smallest absolute Gasteiger partial charge is 0.317 e. The molecule has 0 radical (unpaired) electrons. The average molecular weight is 284 g/mol. The minimum absolute atomic E-state index is 0.0699. The van der Waals surface area contributed by atoms with Crippen LogP contribution in [0.5, 0.6) is 0 Å². The maximum atomic E-state index is 12.2. The number of hydrogen-bond donors (Lipinski definition) is 2. The Labute approximate surface area is 119 Å². The highest BCUT2D eigenvalue weighted by Crippen LogP contribution is 2.21. The van der Waals surface area contributed by atoms with Crippen molar-refractivity contribution in [1.29, 1.82) is 0 Å². The molecule has 0 spiro atoms. The first-order valence-corrected chi connectivity index (χ1v) is 7.41. The van der Waals surface area contributed by atoms with Gasteiger partial charge in [-0.1, -0.05) is 0 Å². The van der Waals surface area contributed by atoms with E-state index in [4.69, 9.17) is 9.84 Å². The Hall–Kier alpha value is -1.30. The summed E-state index contributed by atoms with van der Waals surface area (Å²) in [6.45, 7) is 4.76. The molecule has 0 aromatic carbocycles. The van der Waals surface area contributed by atoms with E-state index in [0.717, 1.165) is 32.4 Å². The van der Waals surface area contributed by atoms with Crippen molar-refractivity contribution in [1.82, 2.24) is 10.2 Å². The highest BCUT2D eigenvalue weighted by atomic mass is 16.5. The van der Waals surface area contributed by atoms with Crippen LogP contribution in [-0.2, 0) is 9.53 Å². The number of nitrogens with one attached hydrogen (secondary N) is 1. The summed E-state index contributed by atoms with van der Waals surface area (Å²) in [5, 5.41) is 11.9. The lowest BCUT2D eigenvalue weighted by Crippen LogP contribution is -2.50. The van der Waals surface area contributed by atoms with E-state index in [0.29, 0.717) is 19.1 Å². The number of likely N-dealkylation sites (tertiary alicyclic amines) is 1. The van der Waals surface area contributed by atoms with Crippen molar-refractivity contribution in [3.63, 3.8) is 0 Å². The van der Waals surface area contributed by atoms with Gasteiger partial charge in [0, 0.05) is 38.1 Å². The molecule has 6 heteroatoms. The first-order valence-electron chi connectivity index (χ1n) is 7.41. The molecular formula is C14H24N2O4. The van der Waals surface area contributed by atoms with Crippen LogP contribution in [-0.4, -0.2) is 54.4 Å². The zero-order valence-corrected chi connectivity index (χ0v) is 12.0. The van der Waals surface area contributed by atoms with Gasteiger partial charge < -0.3 is 20.1 Å². The van der Waals surface area contributed by atoms with E-state index in [1.165, 1.54) is 0 Å². The second kappa shape index (κ2) is 6.92. The van der Waals surface area contributed by atoms with E-state index < -0.39 is 5.97 Å². The Kier molecular flexibility index (Phi) is 5.23. The molecule has 0 aliphatic carbocycles. The van der Waals surface area contributed by atoms with Crippen LogP contribution >= 0.6 is 0 Å². The number of aliphatic carboxylic acids is 1. The average Bonchev–Trinajstić information content (AvgIpc) is 2.92. The summed E-state index contributed by atoms with van der Waals surface area (Å²) in [6.07, 6.45) is 2.91. The Balaban J connectivity index is 1.80. The summed E-state index contributed by atoms with van der Waals surface area (Å²) in [4.78, 5) is 24.7. The molecule has 6 nitrogen and oxygen atoms in total. The zero-order chi connectivity index (χ0) is 14.5. The van der Waals surface area contributed by atoms with Crippen molar-refractivity contribution >= 4 is 12.0 Å². The van der Waals surface area contributed by atoms with Crippen molar-refractivity contribution in [2.75, 3.05) is 26.3 Å². The molecule has 2 heterocycles. The van der Waals surface area contributed by atoms with Gasteiger partial charge in [-0.25, -0.2) is 4.79 Å². The van der Waals surface area contributed by atoms with E-state index >= 15 is 0 Å². The molecule has 114 valence electrons. The van der Waals surface area contributed by atoms with Crippen LogP contribution in [0.15, 0.2) is 0 Å². The minimum atomic E-state index is -0.784. The Morgan fingerprint density at radius 3 is 2.90 bits per heavy atom. The number of rotatable bonds is 4. The van der Waals surface area contributed by atoms with Gasteiger partial charge >= 0.3 is 12.0 Å². The van der Waals surface area contributed by atoms with Gasteiger partial charge in [-0.2, -0.15) is 0 Å². The lowest BCUT2D eigenvalue weighted by atomic mass is 9.95. The van der Waals surface area contributed by atoms with E-state index in [1.807, 2.05) is 6.92 Å². The molecule has 2 saturated heterocycles. The van der Waals surface area contributed by atoms with Gasteiger partial charge in [0.2, 0.25) is 0 Å². The van der Waals surface area contributed by atoms with Crippen LogP contribution in [0.4, 0.5) is 4.79 Å². The Bertz CT molecular complexity index is 355. The highest BCUT2D eigenvalue weighted by molar-refractivity contribution is 5.75. The van der Waals surface area contributed by atoms with Crippen LogP contribution in [0.3, 0.4) is 0 Å². The number of carbonyl (C=O) groups excluding carboxylic acids is 1. The molecule has 2 rings (SSSR count). The van der Waals surface area contributed by atoms with Gasteiger partial charge in [0.15, 0.2) is 0 Å². The van der Waals surface area contributed by atoms with Crippen LogP contribution in [0.2, 0.25) is 0 Å². The number of carbonyl (C=O) groups is 2. The third-order valence-electron chi connectivity index (χ3n) is 4.29. The summed E-state index contributed by atoms with van der Waals surface area (Å²) in [5.74, 6) is -0.315. The standard InChI is InChI=1S/C14H24N2O4/c1-10(12-4-6-20-9-12)15-14(19)16-5-2-3-11(8-16)7-13(17)18/h10-12H,2-9H2,1H3,(H,15,19)(H,17,18). The molecule has 2 fully saturated rings. The number of nitrogens with zero attached hydrogens (tertiary/aromatic N) is 1. The number of ether oxygens (including phenoxy) is 1. The largest absolute Gasteiger partial charge is 0.481 e. The van der Waals surface area contributed by atoms with E-state index in [-0.39, 0.29) is 24.4 Å². The van der Waals surface area contributed by atoms with Gasteiger partial charge in [0.1, 0.15) is 0 Å². The van der Waals surface area contributed by atoms with Crippen molar-refractivity contribution in [3.05, 3.63) is 0 Å². The zero-order valence-electron chi connectivity index (χ0n) is 12.0. The van der Waals surface area contributed by atoms with Gasteiger partial charge in [-0.3, -0.25) is 4.79 Å². The number of carboxylic acid groups (broad SMARTS) is 1. The second-order valence-corrected chi connectivity index (χ2v) is 5.91. The molecule has 3 atom stereocenters. The van der Waals surface area contributed by atoms with Crippen LogP contribution in [0.25, 0.3) is 0 Å². The quantitative estimate of drug-likeness (QED) is 0.816. The first-order chi connectivity index (χ1) is 9.56. The van der Waals surface area contributed by atoms with Crippen molar-refractivity contribution < 1.29 is 19.4 Å². The third-order valence-corrected chi connectivity index (χ3v) is 4.29. The van der Waals surface area contributed by atoms with Crippen LogP contribution < -0.4 is 5.32 Å². The van der Waals surface area contributed by atoms with Crippen LogP contribution in [0, 0.1) is 11.8 Å². The number of amides is 2. The van der Waals surface area contributed by atoms with E-state index in [2.05, 4.69) is 5.32 Å². The van der Waals surface area contributed by atoms with E-state index in [9.17, 15) is 9.59 Å². The fourth-order valence-corrected chi connectivity index (χ4v) is 3.01. The predicted octanol–water partition coefficient (Wildman–Crippen LogP) is 1.31. The lowest BCUT2D eigenvalue weighted by Gasteiger charge is -2.33. The summed E-state index contributed by atoms with van der Waals surface area (Å²) >= 11 is 0.